The van der Waals surface area contributed by atoms with Crippen molar-refractivity contribution in [2.75, 3.05) is 13.2 Å². The number of carbonyl (C=O) groups is 2. The summed E-state index contributed by atoms with van der Waals surface area (Å²) in [7, 11) is 0. The van der Waals surface area contributed by atoms with Crippen LogP contribution in [0.5, 0.6) is 11.5 Å². The first-order chi connectivity index (χ1) is 15.5. The lowest BCUT2D eigenvalue weighted by molar-refractivity contribution is 0.0484. The van der Waals surface area contributed by atoms with Gasteiger partial charge in [0.1, 0.15) is 22.6 Å². The molecule has 0 aliphatic heterocycles. The summed E-state index contributed by atoms with van der Waals surface area (Å²) < 4.78 is 10.1. The van der Waals surface area contributed by atoms with Crippen molar-refractivity contribution in [1.82, 2.24) is 0 Å². The predicted octanol–water partition coefficient (Wildman–Crippen LogP) is 6.26. The van der Waals surface area contributed by atoms with Crippen LogP contribution in [0.3, 0.4) is 0 Å². The quantitative estimate of drug-likeness (QED) is 0.296. The summed E-state index contributed by atoms with van der Waals surface area (Å²) in [5.41, 5.74) is 0.469. The number of para-hydroxylation sites is 2. The predicted molar refractivity (Wildman–Crippen MR) is 125 cm³/mol. The van der Waals surface area contributed by atoms with Crippen molar-refractivity contribution < 1.29 is 29.3 Å². The lowest BCUT2D eigenvalue weighted by atomic mass is 10.2. The van der Waals surface area contributed by atoms with Crippen LogP contribution in [0.2, 0.25) is 0 Å². The molecule has 2 aromatic carbocycles. The molecule has 0 heterocycles. The third-order valence-electron chi connectivity index (χ3n) is 4.71. The number of phenols is 2. The average molecular weight is 445 g/mol. The van der Waals surface area contributed by atoms with Gasteiger partial charge in [0.2, 0.25) is 0 Å². The standard InChI is InChI=1S/2C13H18O3/c2*1-2-3-4-7-10-16-13(15)11-8-5-6-9-12(11)14/h2*5-6,8-9,14H,2-4,7,10H2,1H3. The van der Waals surface area contributed by atoms with Crippen LogP contribution in [-0.4, -0.2) is 35.4 Å². The van der Waals surface area contributed by atoms with E-state index in [2.05, 4.69) is 13.8 Å². The van der Waals surface area contributed by atoms with Crippen LogP contribution in [0.1, 0.15) is 85.9 Å². The second-order valence-corrected chi connectivity index (χ2v) is 7.43. The van der Waals surface area contributed by atoms with Crippen molar-refractivity contribution in [2.24, 2.45) is 0 Å². The van der Waals surface area contributed by atoms with Crippen LogP contribution in [0.25, 0.3) is 0 Å². The van der Waals surface area contributed by atoms with E-state index in [1.54, 1.807) is 36.4 Å². The number of hydrogen-bond acceptors (Lipinski definition) is 6. The van der Waals surface area contributed by atoms with Gasteiger partial charge in [-0.3, -0.25) is 0 Å². The molecule has 0 amide bonds. The van der Waals surface area contributed by atoms with E-state index in [9.17, 15) is 19.8 Å². The average Bonchev–Trinajstić information content (AvgIpc) is 2.79. The summed E-state index contributed by atoms with van der Waals surface area (Å²) in [5.74, 6) is -0.952. The maximum absolute atomic E-state index is 11.5. The van der Waals surface area contributed by atoms with Crippen LogP contribution in [0.15, 0.2) is 48.5 Å². The van der Waals surface area contributed by atoms with Gasteiger partial charge in [-0.1, -0.05) is 76.6 Å². The lowest BCUT2D eigenvalue weighted by Gasteiger charge is -2.05. The molecule has 0 saturated heterocycles. The fraction of sp³-hybridized carbons (Fsp3) is 0.462. The summed E-state index contributed by atoms with van der Waals surface area (Å²) in [6.45, 7) is 5.11. The van der Waals surface area contributed by atoms with Crippen LogP contribution in [-0.2, 0) is 9.47 Å². The Morgan fingerprint density at radius 1 is 0.625 bits per heavy atom. The van der Waals surface area contributed by atoms with Gasteiger partial charge in [0.15, 0.2) is 0 Å². The first-order valence-electron chi connectivity index (χ1n) is 11.4. The minimum atomic E-state index is -0.449. The Morgan fingerprint density at radius 3 is 1.34 bits per heavy atom. The molecule has 0 atom stereocenters. The molecular weight excluding hydrogens is 408 g/mol. The summed E-state index contributed by atoms with van der Waals surface area (Å²) in [4.78, 5) is 23.0. The van der Waals surface area contributed by atoms with Crippen molar-refractivity contribution >= 4 is 11.9 Å². The molecule has 0 fully saturated rings. The number of benzene rings is 2. The summed E-state index contributed by atoms with van der Waals surface area (Å²) in [6.07, 6.45) is 8.55. The third kappa shape index (κ3) is 10.8. The molecule has 0 aliphatic rings. The number of hydrogen-bond donors (Lipinski definition) is 2. The van der Waals surface area contributed by atoms with Gasteiger partial charge in [0.05, 0.1) is 13.2 Å². The van der Waals surface area contributed by atoms with E-state index in [0.717, 1.165) is 51.4 Å². The van der Waals surface area contributed by atoms with Crippen molar-refractivity contribution in [3.63, 3.8) is 0 Å². The number of rotatable bonds is 12. The monoisotopic (exact) mass is 444 g/mol. The van der Waals surface area contributed by atoms with Gasteiger partial charge in [0, 0.05) is 0 Å². The molecule has 0 radical (unpaired) electrons. The molecule has 2 N–H and O–H groups in total. The van der Waals surface area contributed by atoms with E-state index < -0.39 is 11.9 Å². The highest BCUT2D eigenvalue weighted by molar-refractivity contribution is 5.92. The van der Waals surface area contributed by atoms with Gasteiger partial charge in [-0.15, -0.1) is 0 Å². The van der Waals surface area contributed by atoms with Crippen LogP contribution < -0.4 is 0 Å². The van der Waals surface area contributed by atoms with Crippen molar-refractivity contribution in [2.45, 2.75) is 65.2 Å². The molecule has 2 rings (SSSR count). The van der Waals surface area contributed by atoms with Crippen LogP contribution >= 0.6 is 0 Å². The third-order valence-corrected chi connectivity index (χ3v) is 4.71. The largest absolute Gasteiger partial charge is 0.507 e. The lowest BCUT2D eigenvalue weighted by Crippen LogP contribution is -2.06. The SMILES string of the molecule is CCCCCCOC(=O)c1ccccc1O.CCCCCCOC(=O)c1ccccc1O. The first kappa shape index (κ1) is 27.0. The Labute approximate surface area is 191 Å². The van der Waals surface area contributed by atoms with E-state index >= 15 is 0 Å². The van der Waals surface area contributed by atoms with E-state index in [0.29, 0.717) is 13.2 Å². The minimum absolute atomic E-state index is 0.0268. The minimum Gasteiger partial charge on any atom is -0.507 e. The van der Waals surface area contributed by atoms with Crippen molar-refractivity contribution in [1.29, 1.82) is 0 Å². The fourth-order valence-corrected chi connectivity index (χ4v) is 2.84. The zero-order chi connectivity index (χ0) is 23.6. The van der Waals surface area contributed by atoms with Gasteiger partial charge in [0.25, 0.3) is 0 Å². The number of aromatic hydroxyl groups is 2. The zero-order valence-electron chi connectivity index (χ0n) is 19.2. The normalized spacial score (nSPS) is 10.1. The summed E-state index contributed by atoms with van der Waals surface area (Å²) >= 11 is 0. The molecule has 0 unspecified atom stereocenters. The Morgan fingerprint density at radius 2 is 1.00 bits per heavy atom. The van der Waals surface area contributed by atoms with Crippen LogP contribution in [0, 0.1) is 0 Å². The molecule has 0 bridgehead atoms. The Hall–Kier alpha value is -3.02. The van der Waals surface area contributed by atoms with E-state index in [4.69, 9.17) is 9.47 Å². The first-order valence-corrected chi connectivity index (χ1v) is 11.4. The molecule has 0 aliphatic carbocycles. The van der Waals surface area contributed by atoms with Gasteiger partial charge in [-0.25, -0.2) is 9.59 Å². The summed E-state index contributed by atoms with van der Waals surface area (Å²) in [5, 5.41) is 18.8. The fourth-order valence-electron chi connectivity index (χ4n) is 2.84. The van der Waals surface area contributed by atoms with Crippen LogP contribution in [0.4, 0.5) is 0 Å². The highest BCUT2D eigenvalue weighted by Gasteiger charge is 2.11. The Kier molecular flexibility index (Phi) is 14.1. The number of unbranched alkanes of at least 4 members (excludes halogenated alkanes) is 6. The molecule has 6 heteroatoms. The number of phenolic OH excluding ortho intramolecular Hbond substituents is 2. The van der Waals surface area contributed by atoms with E-state index in [1.165, 1.54) is 12.1 Å². The number of carbonyl (C=O) groups excluding carboxylic acids is 2. The number of ether oxygens (including phenoxy) is 2. The highest BCUT2D eigenvalue weighted by atomic mass is 16.5. The molecule has 0 spiro atoms. The van der Waals surface area contributed by atoms with Gasteiger partial charge in [-0.05, 0) is 37.1 Å². The van der Waals surface area contributed by atoms with E-state index in [-0.39, 0.29) is 22.6 Å². The van der Waals surface area contributed by atoms with Gasteiger partial charge >= 0.3 is 11.9 Å². The molecule has 0 saturated carbocycles. The molecule has 0 aromatic heterocycles. The molecule has 32 heavy (non-hydrogen) atoms. The Bertz CT molecular complexity index is 735. The maximum Gasteiger partial charge on any atom is 0.341 e. The van der Waals surface area contributed by atoms with Gasteiger partial charge < -0.3 is 19.7 Å². The van der Waals surface area contributed by atoms with Crippen molar-refractivity contribution in [3.8, 4) is 11.5 Å². The van der Waals surface area contributed by atoms with E-state index in [1.807, 2.05) is 0 Å². The molecular formula is C26H36O6. The van der Waals surface area contributed by atoms with Gasteiger partial charge in [-0.2, -0.15) is 0 Å². The topological polar surface area (TPSA) is 93.1 Å². The second kappa shape index (κ2) is 16.6. The molecule has 6 nitrogen and oxygen atoms in total. The molecule has 2 aromatic rings. The smallest absolute Gasteiger partial charge is 0.341 e. The second-order valence-electron chi connectivity index (χ2n) is 7.43. The maximum atomic E-state index is 11.5. The summed E-state index contributed by atoms with van der Waals surface area (Å²) in [6, 6.07) is 12.8. The molecule has 176 valence electrons. The number of esters is 2. The highest BCUT2D eigenvalue weighted by Crippen LogP contribution is 2.17. The zero-order valence-corrected chi connectivity index (χ0v) is 19.2. The van der Waals surface area contributed by atoms with Crippen molar-refractivity contribution in [3.05, 3.63) is 59.7 Å². The Balaban J connectivity index is 0.000000320.